The van der Waals surface area contributed by atoms with Crippen LogP contribution in [0.5, 0.6) is 0 Å². The molecule has 9 nitrogen and oxygen atoms in total. The topological polar surface area (TPSA) is 118 Å². The molecule has 0 radical (unpaired) electrons. The second-order valence-electron chi connectivity index (χ2n) is 6.22. The summed E-state index contributed by atoms with van der Waals surface area (Å²) in [7, 11) is 0. The van der Waals surface area contributed by atoms with Crippen LogP contribution in [0, 0.1) is 0 Å². The molecule has 2 N–H and O–H groups in total. The Morgan fingerprint density at radius 1 is 1.56 bits per heavy atom. The third kappa shape index (κ3) is 2.91. The minimum atomic E-state index is -1.36. The third-order valence-electron chi connectivity index (χ3n) is 4.69. The number of aliphatic carboxylic acids is 1. The van der Waals surface area contributed by atoms with Crippen molar-refractivity contribution in [1.29, 1.82) is 0 Å². The molecule has 2 aromatic rings. The Labute approximate surface area is 161 Å². The molecule has 0 spiro atoms. The van der Waals surface area contributed by atoms with Crippen LogP contribution in [0.2, 0.25) is 0 Å². The highest BCUT2D eigenvalue weighted by molar-refractivity contribution is 8.00. The minimum Gasteiger partial charge on any atom is -0.543 e. The molecular formula is C16H16N4O5S2. The molecule has 4 rings (SSSR count). The molecule has 2 aromatic heterocycles. The van der Waals surface area contributed by atoms with Crippen molar-refractivity contribution in [2.24, 2.45) is 0 Å². The zero-order valence-corrected chi connectivity index (χ0v) is 15.7. The highest BCUT2D eigenvalue weighted by Gasteiger charge is 2.43. The summed E-state index contributed by atoms with van der Waals surface area (Å²) in [6.07, 6.45) is 4.51. The lowest BCUT2D eigenvalue weighted by Crippen LogP contribution is -2.57. The summed E-state index contributed by atoms with van der Waals surface area (Å²) in [6.45, 7) is -0.0951. The minimum absolute atomic E-state index is 0.0631. The number of nitrogens with zero attached hydrogens (tertiary/aromatic N) is 3. The van der Waals surface area contributed by atoms with Crippen LogP contribution in [-0.2, 0) is 20.9 Å². The molecule has 27 heavy (non-hydrogen) atoms. The van der Waals surface area contributed by atoms with Crippen molar-refractivity contribution in [2.75, 3.05) is 12.4 Å². The second kappa shape index (κ2) is 6.98. The number of thiazole rings is 1. The first-order valence-corrected chi connectivity index (χ1v) is 10.1. The first-order chi connectivity index (χ1) is 13.0. The standard InChI is InChI=1S/C16H16N4O5S2/c21-6-10(17-8-22)15-18(5-13-19(15)1-2-26-13)4-9-7-27-12-3-11(23)20(12)14(9)16(24)25/h1-2,5,8,10,12,21H,3-4,6-7H2,(H-,17,22,24,25)/t10-,12+/m0/s1. The van der Waals surface area contributed by atoms with Gasteiger partial charge in [0.25, 0.3) is 5.82 Å². The molecule has 0 unspecified atom stereocenters. The van der Waals surface area contributed by atoms with E-state index in [-0.39, 0.29) is 30.1 Å². The number of hydrogen-bond donors (Lipinski definition) is 2. The summed E-state index contributed by atoms with van der Waals surface area (Å²) in [5.41, 5.74) is 0.503. The number of carboxylic acid groups (broad SMARTS) is 1. The van der Waals surface area contributed by atoms with E-state index < -0.39 is 12.0 Å². The predicted molar refractivity (Wildman–Crippen MR) is 94.2 cm³/mol. The Kier molecular flexibility index (Phi) is 4.66. The van der Waals surface area contributed by atoms with E-state index in [4.69, 9.17) is 0 Å². The monoisotopic (exact) mass is 408 g/mol. The maximum atomic E-state index is 11.9. The van der Waals surface area contributed by atoms with Gasteiger partial charge in [0.1, 0.15) is 18.9 Å². The Bertz CT molecular complexity index is 965. The van der Waals surface area contributed by atoms with Crippen LogP contribution >= 0.6 is 23.1 Å². The van der Waals surface area contributed by atoms with E-state index >= 15 is 0 Å². The molecule has 2 aliphatic rings. The molecule has 0 aliphatic carbocycles. The number of aromatic nitrogens is 2. The van der Waals surface area contributed by atoms with E-state index in [0.717, 1.165) is 4.83 Å². The fourth-order valence-corrected chi connectivity index (χ4v) is 5.52. The Morgan fingerprint density at radius 2 is 2.37 bits per heavy atom. The number of imidazole rings is 1. The summed E-state index contributed by atoms with van der Waals surface area (Å²) in [5.74, 6) is -0.495. The van der Waals surface area contributed by atoms with Crippen molar-refractivity contribution in [1.82, 2.24) is 14.6 Å². The predicted octanol–water partition coefficient (Wildman–Crippen LogP) is -1.62. The van der Waals surface area contributed by atoms with Gasteiger partial charge < -0.3 is 20.3 Å². The van der Waals surface area contributed by atoms with Crippen molar-refractivity contribution >= 4 is 46.2 Å². The Morgan fingerprint density at radius 3 is 3.04 bits per heavy atom. The number of rotatable bonds is 7. The fraction of sp³-hybridized carbons (Fsp3) is 0.375. The van der Waals surface area contributed by atoms with Crippen molar-refractivity contribution in [3.63, 3.8) is 0 Å². The zero-order chi connectivity index (χ0) is 19.1. The van der Waals surface area contributed by atoms with Crippen molar-refractivity contribution < 1.29 is 29.2 Å². The van der Waals surface area contributed by atoms with Gasteiger partial charge in [0, 0.05) is 16.7 Å². The molecule has 2 aliphatic heterocycles. The van der Waals surface area contributed by atoms with Gasteiger partial charge in [-0.05, 0) is 0 Å². The molecule has 0 aromatic carbocycles. The number of thioether (sulfide) groups is 1. The number of carbonyl (C=O) groups is 3. The highest BCUT2D eigenvalue weighted by atomic mass is 32.2. The smallest absolute Gasteiger partial charge is 0.288 e. The van der Waals surface area contributed by atoms with E-state index in [2.05, 4.69) is 5.32 Å². The number of carboxylic acids is 1. The number of fused-ring (bicyclic) bond motifs is 2. The maximum Gasteiger partial charge on any atom is 0.288 e. The number of β-lactam (4-membered cyclic amide) rings is 1. The first kappa shape index (κ1) is 18.0. The van der Waals surface area contributed by atoms with Crippen LogP contribution in [0.15, 0.2) is 29.0 Å². The fourth-order valence-electron chi connectivity index (χ4n) is 3.49. The summed E-state index contributed by atoms with van der Waals surface area (Å²) in [4.78, 5) is 36.7. The average molecular weight is 408 g/mol. The van der Waals surface area contributed by atoms with Crippen LogP contribution < -0.4 is 15.0 Å². The lowest BCUT2D eigenvalue weighted by molar-refractivity contribution is -0.696. The molecule has 4 heterocycles. The number of aliphatic hydroxyl groups is 1. The van der Waals surface area contributed by atoms with Crippen LogP contribution in [0.3, 0.4) is 0 Å². The largest absolute Gasteiger partial charge is 0.543 e. The number of hydrogen-bond acceptors (Lipinski definition) is 7. The molecule has 142 valence electrons. The second-order valence-corrected chi connectivity index (χ2v) is 8.31. The molecular weight excluding hydrogens is 392 g/mol. The van der Waals surface area contributed by atoms with E-state index in [0.29, 0.717) is 30.0 Å². The normalized spacial score (nSPS) is 20.4. The molecule has 1 saturated heterocycles. The van der Waals surface area contributed by atoms with Crippen LogP contribution in [-0.4, -0.2) is 50.4 Å². The van der Waals surface area contributed by atoms with E-state index in [9.17, 15) is 24.6 Å². The van der Waals surface area contributed by atoms with Gasteiger partial charge in [0.2, 0.25) is 17.1 Å². The molecule has 11 heteroatoms. The number of aliphatic hydroxyl groups excluding tert-OH is 1. The van der Waals surface area contributed by atoms with Gasteiger partial charge in [0.05, 0.1) is 30.1 Å². The third-order valence-corrected chi connectivity index (χ3v) is 6.77. The number of nitrogens with one attached hydrogen (secondary N) is 1. The summed E-state index contributed by atoms with van der Waals surface area (Å²) < 4.78 is 3.64. The maximum absolute atomic E-state index is 11.9. The lowest BCUT2D eigenvalue weighted by Gasteiger charge is -2.45. The van der Waals surface area contributed by atoms with E-state index in [1.165, 1.54) is 28.0 Å². The van der Waals surface area contributed by atoms with Crippen molar-refractivity contribution in [3.8, 4) is 0 Å². The average Bonchev–Trinajstić information content (AvgIpc) is 3.20. The molecule has 2 amide bonds. The van der Waals surface area contributed by atoms with Crippen molar-refractivity contribution in [2.45, 2.75) is 24.4 Å². The van der Waals surface area contributed by atoms with Gasteiger partial charge in [-0.3, -0.25) is 14.5 Å². The highest BCUT2D eigenvalue weighted by Crippen LogP contribution is 2.39. The van der Waals surface area contributed by atoms with Gasteiger partial charge >= 0.3 is 0 Å². The van der Waals surface area contributed by atoms with Gasteiger partial charge in [0.15, 0.2) is 6.04 Å². The zero-order valence-electron chi connectivity index (χ0n) is 14.0. The number of carbonyl (C=O) groups excluding carboxylic acids is 3. The van der Waals surface area contributed by atoms with Gasteiger partial charge in [-0.2, -0.15) is 4.40 Å². The van der Waals surface area contributed by atoms with Crippen LogP contribution in [0.4, 0.5) is 0 Å². The first-order valence-electron chi connectivity index (χ1n) is 8.20. The molecule has 0 saturated carbocycles. The quantitative estimate of drug-likeness (QED) is 0.323. The van der Waals surface area contributed by atoms with E-state index in [1.54, 1.807) is 4.57 Å². The Balaban J connectivity index is 1.77. The van der Waals surface area contributed by atoms with Crippen LogP contribution in [0.25, 0.3) is 4.83 Å². The van der Waals surface area contributed by atoms with Crippen LogP contribution in [0.1, 0.15) is 18.3 Å². The molecule has 2 atom stereocenters. The summed E-state index contributed by atoms with van der Waals surface area (Å²) >= 11 is 3.00. The SMILES string of the molecule is O=CN[C@@H](CO)c1n2ccsc2c[n+]1CC1=C(C(=O)[O-])N2C(=O)C[C@H]2SC1. The molecule has 1 fully saturated rings. The lowest BCUT2D eigenvalue weighted by atomic mass is 10.1. The summed E-state index contributed by atoms with van der Waals surface area (Å²) in [5, 5.41) is 25.7. The van der Waals surface area contributed by atoms with Gasteiger partial charge in [-0.25, -0.2) is 4.57 Å². The van der Waals surface area contributed by atoms with E-state index in [1.807, 2.05) is 22.2 Å². The van der Waals surface area contributed by atoms with Crippen molar-refractivity contribution in [3.05, 3.63) is 34.9 Å². The number of amides is 2. The Hall–Kier alpha value is -2.37. The summed E-state index contributed by atoms with van der Waals surface area (Å²) in [6, 6.07) is -0.652. The van der Waals surface area contributed by atoms with Gasteiger partial charge in [-0.1, -0.05) is 11.3 Å². The molecule has 0 bridgehead atoms. The van der Waals surface area contributed by atoms with Gasteiger partial charge in [-0.15, -0.1) is 11.8 Å².